The Morgan fingerprint density at radius 2 is 2.16 bits per heavy atom. The summed E-state index contributed by atoms with van der Waals surface area (Å²) in [7, 11) is 0. The Morgan fingerprint density at radius 1 is 1.47 bits per heavy atom. The number of ether oxygens (including phenoxy) is 1. The number of halogens is 1. The lowest BCUT2D eigenvalue weighted by Gasteiger charge is -2.15. The van der Waals surface area contributed by atoms with Crippen molar-refractivity contribution in [2.24, 2.45) is 5.73 Å². The van der Waals surface area contributed by atoms with Crippen molar-refractivity contribution in [1.29, 1.82) is 0 Å². The van der Waals surface area contributed by atoms with Gasteiger partial charge >= 0.3 is 0 Å². The standard InChI is InChI=1S/C14H21BrN2O2/c1-4-9(2)17-14(18)8-19-13-6-5-11(15)7-12(13)10(3)16/h5-7,9-10H,4,8,16H2,1-3H3,(H,17,18)/t9?,10-/m1/s1. The number of carbonyl (C=O) groups is 1. The van der Waals surface area contributed by atoms with E-state index in [1.54, 1.807) is 0 Å². The number of rotatable bonds is 6. The third kappa shape index (κ3) is 5.20. The monoisotopic (exact) mass is 328 g/mol. The van der Waals surface area contributed by atoms with E-state index in [0.717, 1.165) is 16.5 Å². The molecule has 1 unspecified atom stereocenters. The zero-order valence-electron chi connectivity index (χ0n) is 11.6. The summed E-state index contributed by atoms with van der Waals surface area (Å²) in [6, 6.07) is 5.61. The van der Waals surface area contributed by atoms with Gasteiger partial charge in [0.15, 0.2) is 6.61 Å². The molecule has 0 fully saturated rings. The van der Waals surface area contributed by atoms with Crippen molar-refractivity contribution in [3.8, 4) is 5.75 Å². The smallest absolute Gasteiger partial charge is 0.258 e. The van der Waals surface area contributed by atoms with E-state index in [4.69, 9.17) is 10.5 Å². The van der Waals surface area contributed by atoms with Crippen LogP contribution in [0.3, 0.4) is 0 Å². The largest absolute Gasteiger partial charge is 0.483 e. The Balaban J connectivity index is 2.65. The predicted molar refractivity (Wildman–Crippen MR) is 80.1 cm³/mol. The molecule has 0 saturated carbocycles. The van der Waals surface area contributed by atoms with Gasteiger partial charge in [0.05, 0.1) is 0 Å². The Hall–Kier alpha value is -1.07. The number of benzene rings is 1. The zero-order valence-corrected chi connectivity index (χ0v) is 13.2. The molecule has 0 aliphatic rings. The molecule has 19 heavy (non-hydrogen) atoms. The quantitative estimate of drug-likeness (QED) is 0.843. The molecule has 4 nitrogen and oxygen atoms in total. The molecule has 0 bridgehead atoms. The molecular weight excluding hydrogens is 308 g/mol. The molecular formula is C14H21BrN2O2. The molecule has 0 aromatic heterocycles. The highest BCUT2D eigenvalue weighted by Crippen LogP contribution is 2.27. The summed E-state index contributed by atoms with van der Waals surface area (Å²) in [6.07, 6.45) is 0.898. The highest BCUT2D eigenvalue weighted by molar-refractivity contribution is 9.10. The van der Waals surface area contributed by atoms with Crippen LogP contribution in [0.2, 0.25) is 0 Å². The summed E-state index contributed by atoms with van der Waals surface area (Å²) < 4.78 is 6.49. The molecule has 0 heterocycles. The number of hydrogen-bond donors (Lipinski definition) is 2. The maximum absolute atomic E-state index is 11.7. The molecule has 0 aliphatic heterocycles. The van der Waals surface area contributed by atoms with Gasteiger partial charge in [0.2, 0.25) is 0 Å². The van der Waals surface area contributed by atoms with Gasteiger partial charge in [-0.05, 0) is 38.5 Å². The summed E-state index contributed by atoms with van der Waals surface area (Å²) >= 11 is 3.40. The van der Waals surface area contributed by atoms with Crippen molar-refractivity contribution in [1.82, 2.24) is 5.32 Å². The number of carbonyl (C=O) groups excluding carboxylic acids is 1. The molecule has 0 aliphatic carbocycles. The first kappa shape index (κ1) is 16.0. The van der Waals surface area contributed by atoms with E-state index in [-0.39, 0.29) is 24.6 Å². The van der Waals surface area contributed by atoms with Crippen LogP contribution in [0.5, 0.6) is 5.75 Å². The Kier molecular flexibility index (Phi) is 6.31. The number of nitrogens with two attached hydrogens (primary N) is 1. The van der Waals surface area contributed by atoms with E-state index in [1.807, 2.05) is 39.0 Å². The molecule has 2 atom stereocenters. The summed E-state index contributed by atoms with van der Waals surface area (Å²) in [4.78, 5) is 11.7. The van der Waals surface area contributed by atoms with E-state index >= 15 is 0 Å². The van der Waals surface area contributed by atoms with Gasteiger partial charge in [-0.1, -0.05) is 22.9 Å². The number of nitrogens with one attached hydrogen (secondary N) is 1. The highest BCUT2D eigenvalue weighted by atomic mass is 79.9. The van der Waals surface area contributed by atoms with Crippen LogP contribution in [-0.2, 0) is 4.79 Å². The average Bonchev–Trinajstić information content (AvgIpc) is 2.36. The first-order valence-electron chi connectivity index (χ1n) is 6.41. The summed E-state index contributed by atoms with van der Waals surface area (Å²) in [5, 5.41) is 2.86. The van der Waals surface area contributed by atoms with Crippen LogP contribution in [0.25, 0.3) is 0 Å². The first-order valence-corrected chi connectivity index (χ1v) is 7.20. The van der Waals surface area contributed by atoms with Crippen LogP contribution >= 0.6 is 15.9 Å². The number of hydrogen-bond acceptors (Lipinski definition) is 3. The molecule has 0 spiro atoms. The lowest BCUT2D eigenvalue weighted by atomic mass is 10.1. The van der Waals surface area contributed by atoms with Crippen molar-refractivity contribution >= 4 is 21.8 Å². The van der Waals surface area contributed by atoms with Gasteiger partial charge in [0.1, 0.15) is 5.75 Å². The second kappa shape index (κ2) is 7.50. The van der Waals surface area contributed by atoms with Crippen LogP contribution in [0, 0.1) is 0 Å². The van der Waals surface area contributed by atoms with Crippen LogP contribution in [0.15, 0.2) is 22.7 Å². The fourth-order valence-electron chi connectivity index (χ4n) is 1.57. The normalized spacial score (nSPS) is 13.7. The Labute approximate surface area is 122 Å². The molecule has 1 amide bonds. The van der Waals surface area contributed by atoms with E-state index in [0.29, 0.717) is 5.75 Å². The molecule has 1 aromatic rings. The van der Waals surface area contributed by atoms with Gasteiger partial charge in [-0.25, -0.2) is 0 Å². The molecule has 1 aromatic carbocycles. The second-order valence-electron chi connectivity index (χ2n) is 4.64. The fourth-order valence-corrected chi connectivity index (χ4v) is 1.95. The lowest BCUT2D eigenvalue weighted by molar-refractivity contribution is -0.123. The summed E-state index contributed by atoms with van der Waals surface area (Å²) in [5.74, 6) is 0.533. The molecule has 0 radical (unpaired) electrons. The van der Waals surface area contributed by atoms with Crippen LogP contribution in [0.4, 0.5) is 0 Å². The minimum Gasteiger partial charge on any atom is -0.483 e. The van der Waals surface area contributed by atoms with Crippen molar-refractivity contribution in [3.63, 3.8) is 0 Å². The summed E-state index contributed by atoms with van der Waals surface area (Å²) in [6.45, 7) is 5.87. The van der Waals surface area contributed by atoms with Crippen LogP contribution in [0.1, 0.15) is 38.8 Å². The van der Waals surface area contributed by atoms with Crippen LogP contribution < -0.4 is 15.8 Å². The van der Waals surface area contributed by atoms with Gasteiger partial charge in [0, 0.05) is 22.1 Å². The minimum atomic E-state index is -0.148. The third-order valence-corrected chi connectivity index (χ3v) is 3.33. The Bertz CT molecular complexity index is 435. The first-order chi connectivity index (χ1) is 8.93. The molecule has 0 saturated heterocycles. The average molecular weight is 329 g/mol. The second-order valence-corrected chi connectivity index (χ2v) is 5.55. The fraction of sp³-hybridized carbons (Fsp3) is 0.500. The topological polar surface area (TPSA) is 64.3 Å². The predicted octanol–water partition coefficient (Wildman–Crippen LogP) is 2.76. The van der Waals surface area contributed by atoms with Gasteiger partial charge in [-0.2, -0.15) is 0 Å². The lowest BCUT2D eigenvalue weighted by Crippen LogP contribution is -2.35. The molecule has 106 valence electrons. The van der Waals surface area contributed by atoms with Gasteiger partial charge < -0.3 is 15.8 Å². The molecule has 5 heteroatoms. The van der Waals surface area contributed by atoms with Crippen molar-refractivity contribution in [2.45, 2.75) is 39.3 Å². The number of amides is 1. The zero-order chi connectivity index (χ0) is 14.4. The highest BCUT2D eigenvalue weighted by Gasteiger charge is 2.11. The third-order valence-electron chi connectivity index (χ3n) is 2.84. The molecule has 3 N–H and O–H groups in total. The van der Waals surface area contributed by atoms with Crippen molar-refractivity contribution < 1.29 is 9.53 Å². The summed E-state index contributed by atoms with van der Waals surface area (Å²) in [5.41, 5.74) is 6.77. The maximum atomic E-state index is 11.7. The van der Waals surface area contributed by atoms with E-state index < -0.39 is 0 Å². The van der Waals surface area contributed by atoms with E-state index in [9.17, 15) is 4.79 Å². The van der Waals surface area contributed by atoms with E-state index in [2.05, 4.69) is 21.2 Å². The van der Waals surface area contributed by atoms with E-state index in [1.165, 1.54) is 0 Å². The Morgan fingerprint density at radius 3 is 2.74 bits per heavy atom. The van der Waals surface area contributed by atoms with Crippen molar-refractivity contribution in [2.75, 3.05) is 6.61 Å². The van der Waals surface area contributed by atoms with Gasteiger partial charge in [0.25, 0.3) is 5.91 Å². The van der Waals surface area contributed by atoms with Gasteiger partial charge in [-0.15, -0.1) is 0 Å². The van der Waals surface area contributed by atoms with Crippen LogP contribution in [-0.4, -0.2) is 18.6 Å². The minimum absolute atomic E-state index is 0.00565. The van der Waals surface area contributed by atoms with Crippen molar-refractivity contribution in [3.05, 3.63) is 28.2 Å². The maximum Gasteiger partial charge on any atom is 0.258 e. The molecule has 1 rings (SSSR count). The SMILES string of the molecule is CCC(C)NC(=O)COc1ccc(Br)cc1[C@@H](C)N. The van der Waals surface area contributed by atoms with Gasteiger partial charge in [-0.3, -0.25) is 4.79 Å².